The van der Waals surface area contributed by atoms with Crippen LogP contribution in [0.5, 0.6) is 0 Å². The zero-order valence-electron chi connectivity index (χ0n) is 11.8. The highest BCUT2D eigenvalue weighted by atomic mass is 16.2. The van der Waals surface area contributed by atoms with Gasteiger partial charge in [0.1, 0.15) is 0 Å². The molecule has 0 heterocycles. The van der Waals surface area contributed by atoms with E-state index in [1.54, 1.807) is 12.2 Å². The molecule has 1 rings (SSSR count). The van der Waals surface area contributed by atoms with Gasteiger partial charge < -0.3 is 10.6 Å². The average Bonchev–Trinajstić information content (AvgIpc) is 2.77. The topological polar surface area (TPSA) is 58.2 Å². The summed E-state index contributed by atoms with van der Waals surface area (Å²) >= 11 is 0. The molecule has 1 fully saturated rings. The van der Waals surface area contributed by atoms with Gasteiger partial charge in [-0.05, 0) is 32.1 Å². The lowest BCUT2D eigenvalue weighted by Crippen LogP contribution is -2.43. The molecule has 0 saturated heterocycles. The van der Waals surface area contributed by atoms with Crippen LogP contribution in [0.15, 0.2) is 25.3 Å². The summed E-state index contributed by atoms with van der Waals surface area (Å²) in [5.74, 6) is -0.746. The number of allylic oxidation sites excluding steroid dienone is 2. The van der Waals surface area contributed by atoms with E-state index in [-0.39, 0.29) is 35.5 Å². The summed E-state index contributed by atoms with van der Waals surface area (Å²) in [4.78, 5) is 24.4. The van der Waals surface area contributed by atoms with E-state index < -0.39 is 0 Å². The first-order valence-corrected chi connectivity index (χ1v) is 6.91. The van der Waals surface area contributed by atoms with Gasteiger partial charge in [0.25, 0.3) is 0 Å². The Labute approximate surface area is 115 Å². The molecule has 0 aromatic carbocycles. The second-order valence-electron chi connectivity index (χ2n) is 4.88. The van der Waals surface area contributed by atoms with E-state index in [4.69, 9.17) is 0 Å². The molecule has 0 bridgehead atoms. The minimum Gasteiger partial charge on any atom is -0.356 e. The van der Waals surface area contributed by atoms with E-state index in [1.165, 1.54) is 0 Å². The van der Waals surface area contributed by atoms with Crippen molar-refractivity contribution in [3.05, 3.63) is 25.3 Å². The van der Waals surface area contributed by atoms with Crippen LogP contribution in [0.3, 0.4) is 0 Å². The van der Waals surface area contributed by atoms with Crippen molar-refractivity contribution in [2.45, 2.75) is 20.3 Å². The molecule has 2 N–H and O–H groups in total. The number of carbonyl (C=O) groups is 2. The molecule has 0 aromatic heterocycles. The highest BCUT2D eigenvalue weighted by Gasteiger charge is 2.47. The van der Waals surface area contributed by atoms with E-state index in [1.807, 2.05) is 13.8 Å². The standard InChI is InChI=1S/C15H24N2O2/c1-5-10-9-11(6-2)13(15(19)17-8-4)12(10)14(18)16-7-3/h5-6,10-13H,1-2,7-9H2,3-4H3,(H,16,18)(H,17,19). The van der Waals surface area contributed by atoms with Gasteiger partial charge in [0, 0.05) is 13.1 Å². The first-order valence-electron chi connectivity index (χ1n) is 6.91. The molecule has 1 saturated carbocycles. The fraction of sp³-hybridized carbons (Fsp3) is 0.600. The summed E-state index contributed by atoms with van der Waals surface area (Å²) in [5.41, 5.74) is 0. The Balaban J connectivity index is 3.02. The predicted molar refractivity (Wildman–Crippen MR) is 76.3 cm³/mol. The first-order chi connectivity index (χ1) is 9.10. The Morgan fingerprint density at radius 2 is 1.37 bits per heavy atom. The maximum atomic E-state index is 12.2. The summed E-state index contributed by atoms with van der Waals surface area (Å²) in [6.45, 7) is 12.5. The molecule has 4 heteroatoms. The fourth-order valence-corrected chi connectivity index (χ4v) is 2.92. The van der Waals surface area contributed by atoms with Crippen molar-refractivity contribution >= 4 is 11.8 Å². The molecule has 0 aromatic rings. The molecule has 1 aliphatic rings. The number of hydrogen-bond acceptors (Lipinski definition) is 2. The van der Waals surface area contributed by atoms with Gasteiger partial charge >= 0.3 is 0 Å². The van der Waals surface area contributed by atoms with Gasteiger partial charge in [-0.25, -0.2) is 0 Å². The SMILES string of the molecule is C=CC1CC(C=C)C(C(=O)NCC)C1C(=O)NCC. The van der Waals surface area contributed by atoms with Crippen LogP contribution >= 0.6 is 0 Å². The van der Waals surface area contributed by atoms with E-state index in [0.717, 1.165) is 6.42 Å². The second kappa shape index (κ2) is 7.12. The van der Waals surface area contributed by atoms with E-state index in [2.05, 4.69) is 23.8 Å². The van der Waals surface area contributed by atoms with Crippen LogP contribution in [0.4, 0.5) is 0 Å². The van der Waals surface area contributed by atoms with Crippen molar-refractivity contribution < 1.29 is 9.59 Å². The summed E-state index contributed by atoms with van der Waals surface area (Å²) in [7, 11) is 0. The van der Waals surface area contributed by atoms with Crippen molar-refractivity contribution in [2.75, 3.05) is 13.1 Å². The zero-order valence-corrected chi connectivity index (χ0v) is 11.8. The molecule has 0 radical (unpaired) electrons. The molecule has 0 aliphatic heterocycles. The van der Waals surface area contributed by atoms with Crippen molar-refractivity contribution in [2.24, 2.45) is 23.7 Å². The van der Waals surface area contributed by atoms with Crippen molar-refractivity contribution in [3.8, 4) is 0 Å². The van der Waals surface area contributed by atoms with Gasteiger partial charge in [-0.3, -0.25) is 9.59 Å². The van der Waals surface area contributed by atoms with Gasteiger partial charge in [-0.2, -0.15) is 0 Å². The van der Waals surface area contributed by atoms with Crippen molar-refractivity contribution in [3.63, 3.8) is 0 Å². The average molecular weight is 264 g/mol. The predicted octanol–water partition coefficient (Wildman–Crippen LogP) is 1.50. The highest BCUT2D eigenvalue weighted by Crippen LogP contribution is 2.43. The lowest BCUT2D eigenvalue weighted by Gasteiger charge is -2.23. The van der Waals surface area contributed by atoms with Crippen molar-refractivity contribution in [1.29, 1.82) is 0 Å². The van der Waals surface area contributed by atoms with Crippen molar-refractivity contribution in [1.82, 2.24) is 10.6 Å². The van der Waals surface area contributed by atoms with Crippen LogP contribution in [-0.2, 0) is 9.59 Å². The molecule has 19 heavy (non-hydrogen) atoms. The molecular weight excluding hydrogens is 240 g/mol. The van der Waals surface area contributed by atoms with Crippen LogP contribution < -0.4 is 10.6 Å². The molecule has 4 unspecified atom stereocenters. The van der Waals surface area contributed by atoms with Crippen LogP contribution in [0, 0.1) is 23.7 Å². The summed E-state index contributed by atoms with van der Waals surface area (Å²) in [5, 5.41) is 5.64. The minimum atomic E-state index is -0.341. The number of hydrogen-bond donors (Lipinski definition) is 2. The Bertz CT molecular complexity index is 331. The maximum Gasteiger partial charge on any atom is 0.224 e. The normalized spacial score (nSPS) is 29.6. The highest BCUT2D eigenvalue weighted by molar-refractivity contribution is 5.89. The van der Waals surface area contributed by atoms with E-state index in [0.29, 0.717) is 13.1 Å². The number of amides is 2. The molecule has 4 atom stereocenters. The monoisotopic (exact) mass is 264 g/mol. The van der Waals surface area contributed by atoms with Crippen LogP contribution in [-0.4, -0.2) is 24.9 Å². The molecule has 1 aliphatic carbocycles. The van der Waals surface area contributed by atoms with Crippen LogP contribution in [0.25, 0.3) is 0 Å². The Morgan fingerprint density at radius 3 is 1.63 bits per heavy atom. The summed E-state index contributed by atoms with van der Waals surface area (Å²) in [6.07, 6.45) is 4.34. The lowest BCUT2D eigenvalue weighted by molar-refractivity contribution is -0.135. The number of nitrogens with one attached hydrogen (secondary N) is 2. The minimum absolute atomic E-state index is 0.0298. The van der Waals surface area contributed by atoms with Gasteiger partial charge in [-0.1, -0.05) is 12.2 Å². The summed E-state index contributed by atoms with van der Waals surface area (Å²) < 4.78 is 0. The van der Waals surface area contributed by atoms with Gasteiger partial charge in [0.05, 0.1) is 11.8 Å². The molecular formula is C15H24N2O2. The third-order valence-electron chi connectivity index (χ3n) is 3.77. The molecule has 4 nitrogen and oxygen atoms in total. The number of carbonyl (C=O) groups excluding carboxylic acids is 2. The molecule has 106 valence electrons. The second-order valence-corrected chi connectivity index (χ2v) is 4.88. The molecule has 2 amide bonds. The van der Waals surface area contributed by atoms with Gasteiger partial charge in [-0.15, -0.1) is 13.2 Å². The Hall–Kier alpha value is -1.58. The fourth-order valence-electron chi connectivity index (χ4n) is 2.92. The lowest BCUT2D eigenvalue weighted by atomic mass is 9.85. The van der Waals surface area contributed by atoms with Gasteiger partial charge in [0.15, 0.2) is 0 Å². The van der Waals surface area contributed by atoms with Gasteiger partial charge in [0.2, 0.25) is 11.8 Å². The quantitative estimate of drug-likeness (QED) is 0.714. The van der Waals surface area contributed by atoms with E-state index >= 15 is 0 Å². The maximum absolute atomic E-state index is 12.2. The first kappa shape index (κ1) is 15.5. The Morgan fingerprint density at radius 1 is 1.00 bits per heavy atom. The largest absolute Gasteiger partial charge is 0.356 e. The smallest absolute Gasteiger partial charge is 0.224 e. The third kappa shape index (κ3) is 3.25. The summed E-state index contributed by atoms with van der Waals surface area (Å²) in [6, 6.07) is 0. The third-order valence-corrected chi connectivity index (χ3v) is 3.77. The zero-order chi connectivity index (χ0) is 14.4. The number of rotatable bonds is 6. The molecule has 0 spiro atoms. The van der Waals surface area contributed by atoms with Crippen LogP contribution in [0.1, 0.15) is 20.3 Å². The Kier molecular flexibility index (Phi) is 5.80. The van der Waals surface area contributed by atoms with E-state index in [9.17, 15) is 9.59 Å². The van der Waals surface area contributed by atoms with Crippen LogP contribution in [0.2, 0.25) is 0 Å².